The van der Waals surface area contributed by atoms with Crippen LogP contribution in [0.4, 0.5) is 0 Å². The van der Waals surface area contributed by atoms with Gasteiger partial charge in [0.25, 0.3) is 0 Å². The van der Waals surface area contributed by atoms with Crippen LogP contribution in [0.3, 0.4) is 0 Å². The third kappa shape index (κ3) is 2.94. The maximum Gasteiger partial charge on any atom is 0.312 e. The van der Waals surface area contributed by atoms with E-state index in [4.69, 9.17) is 4.74 Å². The van der Waals surface area contributed by atoms with E-state index in [-0.39, 0.29) is 33.4 Å². The van der Waals surface area contributed by atoms with Crippen molar-refractivity contribution in [2.24, 2.45) is 56.7 Å². The Hall–Kier alpha value is -1.58. The third-order valence-electron chi connectivity index (χ3n) is 13.4. The monoisotopic (exact) mass is 496 g/mol. The summed E-state index contributed by atoms with van der Waals surface area (Å²) in [6.07, 6.45) is 10.2. The first-order chi connectivity index (χ1) is 16.7. The fourth-order valence-corrected chi connectivity index (χ4v) is 11.7. The maximum atomic E-state index is 13.4. The molecule has 0 amide bonds. The van der Waals surface area contributed by atoms with Crippen molar-refractivity contribution in [1.29, 1.82) is 0 Å². The van der Waals surface area contributed by atoms with E-state index in [0.717, 1.165) is 57.6 Å². The molecule has 9 unspecified atom stereocenters. The summed E-state index contributed by atoms with van der Waals surface area (Å²) in [6.45, 7) is 18.3. The number of carbonyl (C=O) groups excluding carboxylic acids is 2. The van der Waals surface area contributed by atoms with Crippen LogP contribution in [0.1, 0.15) is 99.3 Å². The summed E-state index contributed by atoms with van der Waals surface area (Å²) >= 11 is 0. The largest absolute Gasteiger partial charge is 0.515 e. The second-order valence-corrected chi connectivity index (χ2v) is 14.7. The lowest BCUT2D eigenvalue weighted by Gasteiger charge is -2.72. The van der Waals surface area contributed by atoms with Crippen LogP contribution < -0.4 is 0 Å². The Morgan fingerprint density at radius 3 is 2.28 bits per heavy atom. The summed E-state index contributed by atoms with van der Waals surface area (Å²) in [5.74, 6) is 2.12. The van der Waals surface area contributed by atoms with Crippen LogP contribution in [-0.2, 0) is 14.3 Å². The fraction of sp³-hybridized carbons (Fsp3) is 0.812. The summed E-state index contributed by atoms with van der Waals surface area (Å²) in [5, 5.41) is 10.0. The SMILES string of the molecule is C=C(C)C1CCC2(C(=O)OC)CCC3(C)C(CCC4C5(C)CC(=CO)C(=O)C(C)(C)C5CCC43C)C12. The number of ketones is 1. The topological polar surface area (TPSA) is 63.6 Å². The lowest BCUT2D eigenvalue weighted by atomic mass is 9.32. The molecule has 0 radical (unpaired) electrons. The van der Waals surface area contributed by atoms with Gasteiger partial charge in [0.15, 0.2) is 5.78 Å². The summed E-state index contributed by atoms with van der Waals surface area (Å²) in [4.78, 5) is 26.7. The molecule has 5 saturated carbocycles. The lowest BCUT2D eigenvalue weighted by Crippen LogP contribution is -2.67. The van der Waals surface area contributed by atoms with Crippen molar-refractivity contribution in [3.8, 4) is 0 Å². The molecule has 36 heavy (non-hydrogen) atoms. The molecular weight excluding hydrogens is 448 g/mol. The van der Waals surface area contributed by atoms with Gasteiger partial charge in [0, 0.05) is 11.0 Å². The van der Waals surface area contributed by atoms with Crippen LogP contribution in [0, 0.1) is 56.7 Å². The Morgan fingerprint density at radius 1 is 0.972 bits per heavy atom. The van der Waals surface area contributed by atoms with Crippen molar-refractivity contribution in [3.05, 3.63) is 24.0 Å². The molecule has 0 saturated heterocycles. The second kappa shape index (κ2) is 7.96. The molecule has 0 spiro atoms. The van der Waals surface area contributed by atoms with E-state index in [2.05, 4.69) is 48.1 Å². The average molecular weight is 497 g/mol. The van der Waals surface area contributed by atoms with E-state index in [1.807, 2.05) is 0 Å². The molecule has 5 fully saturated rings. The van der Waals surface area contributed by atoms with Gasteiger partial charge in [0.2, 0.25) is 0 Å². The van der Waals surface area contributed by atoms with Crippen LogP contribution in [-0.4, -0.2) is 24.0 Å². The molecular formula is C32H48O4. The minimum absolute atomic E-state index is 0.00603. The van der Waals surface area contributed by atoms with E-state index >= 15 is 0 Å². The van der Waals surface area contributed by atoms with Crippen molar-refractivity contribution in [3.63, 3.8) is 0 Å². The van der Waals surface area contributed by atoms with E-state index in [9.17, 15) is 14.7 Å². The molecule has 9 atom stereocenters. The number of aliphatic hydroxyl groups excluding tert-OH is 1. The van der Waals surface area contributed by atoms with Gasteiger partial charge in [-0.2, -0.15) is 0 Å². The molecule has 0 aromatic heterocycles. The fourth-order valence-electron chi connectivity index (χ4n) is 11.7. The Kier molecular flexibility index (Phi) is 5.76. The number of hydrogen-bond donors (Lipinski definition) is 1. The van der Waals surface area contributed by atoms with E-state index in [1.54, 1.807) is 7.11 Å². The zero-order valence-corrected chi connectivity index (χ0v) is 23.7. The second-order valence-electron chi connectivity index (χ2n) is 14.7. The van der Waals surface area contributed by atoms with Gasteiger partial charge in [0.1, 0.15) is 0 Å². The highest BCUT2D eigenvalue weighted by molar-refractivity contribution is 6.00. The van der Waals surface area contributed by atoms with Gasteiger partial charge in [0.05, 0.1) is 18.8 Å². The van der Waals surface area contributed by atoms with Crippen LogP contribution in [0.2, 0.25) is 0 Å². The Labute approximate surface area is 218 Å². The number of methoxy groups -OCH3 is 1. The quantitative estimate of drug-likeness (QED) is 0.187. The number of rotatable bonds is 2. The molecule has 5 aliphatic carbocycles. The summed E-state index contributed by atoms with van der Waals surface area (Å²) in [6, 6.07) is 0. The van der Waals surface area contributed by atoms with Gasteiger partial charge < -0.3 is 9.84 Å². The molecule has 1 N–H and O–H groups in total. The van der Waals surface area contributed by atoms with E-state index in [0.29, 0.717) is 41.6 Å². The first-order valence-electron chi connectivity index (χ1n) is 14.4. The minimum Gasteiger partial charge on any atom is -0.515 e. The Balaban J connectivity index is 1.59. The minimum atomic E-state index is -0.455. The first-order valence-corrected chi connectivity index (χ1v) is 14.4. The van der Waals surface area contributed by atoms with Crippen molar-refractivity contribution >= 4 is 11.8 Å². The number of esters is 1. The number of fused-ring (bicyclic) bond motifs is 7. The molecule has 200 valence electrons. The molecule has 5 rings (SSSR count). The van der Waals surface area contributed by atoms with Crippen molar-refractivity contribution < 1.29 is 19.4 Å². The zero-order chi connectivity index (χ0) is 26.5. The Bertz CT molecular complexity index is 1020. The average Bonchev–Trinajstić information content (AvgIpc) is 3.22. The smallest absolute Gasteiger partial charge is 0.312 e. The third-order valence-corrected chi connectivity index (χ3v) is 13.4. The highest BCUT2D eigenvalue weighted by Crippen LogP contribution is 2.77. The van der Waals surface area contributed by atoms with Gasteiger partial charge in [-0.25, -0.2) is 0 Å². The zero-order valence-electron chi connectivity index (χ0n) is 23.7. The van der Waals surface area contributed by atoms with Crippen molar-refractivity contribution in [2.75, 3.05) is 7.11 Å². The van der Waals surface area contributed by atoms with Crippen LogP contribution in [0.15, 0.2) is 24.0 Å². The van der Waals surface area contributed by atoms with Crippen LogP contribution in [0.5, 0.6) is 0 Å². The Morgan fingerprint density at radius 2 is 1.67 bits per heavy atom. The van der Waals surface area contributed by atoms with Gasteiger partial charge in [-0.15, -0.1) is 0 Å². The normalized spacial score (nSPS) is 50.5. The number of allylic oxidation sites excluding steroid dienone is 2. The number of aliphatic hydroxyl groups is 1. The maximum absolute atomic E-state index is 13.4. The molecule has 5 aliphatic rings. The molecule has 0 bridgehead atoms. The summed E-state index contributed by atoms with van der Waals surface area (Å²) in [5.41, 5.74) is 1.25. The number of Topliss-reactive ketones (excluding diaryl/α,β-unsaturated/α-hetero) is 1. The lowest BCUT2D eigenvalue weighted by molar-refractivity contribution is -0.232. The molecule has 0 heterocycles. The van der Waals surface area contributed by atoms with Crippen LogP contribution >= 0.6 is 0 Å². The van der Waals surface area contributed by atoms with E-state index < -0.39 is 5.41 Å². The molecule has 4 nitrogen and oxygen atoms in total. The number of ether oxygens (including phenoxy) is 1. The predicted octanol–water partition coefficient (Wildman–Crippen LogP) is 7.44. The standard InChI is InChI=1S/C32H48O4/c1-19(2)21-11-14-32(27(35)36-8)16-15-30(6)22(25(21)32)9-10-24-29(5)17-20(18-33)26(34)28(3,4)23(29)12-13-31(24,30)7/h18,21-25,33H,1,9-17H2,2-8H3. The van der Waals surface area contributed by atoms with Crippen molar-refractivity contribution in [2.45, 2.75) is 99.3 Å². The highest BCUT2D eigenvalue weighted by atomic mass is 16.5. The predicted molar refractivity (Wildman–Crippen MR) is 142 cm³/mol. The van der Waals surface area contributed by atoms with E-state index in [1.165, 1.54) is 5.57 Å². The number of carbonyl (C=O) groups is 2. The highest BCUT2D eigenvalue weighted by Gasteiger charge is 2.72. The molecule has 0 aromatic carbocycles. The van der Waals surface area contributed by atoms with Crippen LogP contribution in [0.25, 0.3) is 0 Å². The van der Waals surface area contributed by atoms with Gasteiger partial charge in [-0.1, -0.05) is 46.8 Å². The molecule has 0 aliphatic heterocycles. The van der Waals surface area contributed by atoms with Gasteiger partial charge >= 0.3 is 5.97 Å². The first kappa shape index (κ1) is 26.0. The molecule has 4 heteroatoms. The number of hydrogen-bond acceptors (Lipinski definition) is 4. The molecule has 0 aromatic rings. The van der Waals surface area contributed by atoms with Crippen molar-refractivity contribution in [1.82, 2.24) is 0 Å². The summed E-state index contributed by atoms with van der Waals surface area (Å²) in [7, 11) is 1.56. The van der Waals surface area contributed by atoms with Gasteiger partial charge in [-0.3, -0.25) is 9.59 Å². The summed E-state index contributed by atoms with van der Waals surface area (Å²) < 4.78 is 5.48. The van der Waals surface area contributed by atoms with Gasteiger partial charge in [-0.05, 0) is 111 Å².